The number of rotatable bonds is 2. The summed E-state index contributed by atoms with van der Waals surface area (Å²) in [5.41, 5.74) is 7.97. The van der Waals surface area contributed by atoms with Crippen LogP contribution in [0.5, 0.6) is 0 Å². The van der Waals surface area contributed by atoms with Crippen LogP contribution < -0.4 is 5.73 Å². The smallest absolute Gasteiger partial charge is 0.236 e. The van der Waals surface area contributed by atoms with E-state index >= 15 is 0 Å². The number of nitrogen functional groups attached to an aromatic ring is 1. The molecular formula is C16H20N4O. The lowest BCUT2D eigenvalue weighted by atomic mass is 10.1. The van der Waals surface area contributed by atoms with Crippen molar-refractivity contribution < 1.29 is 4.79 Å². The number of nitrogens with zero attached hydrogens (tertiary/aromatic N) is 3. The van der Waals surface area contributed by atoms with E-state index in [9.17, 15) is 4.79 Å². The molecule has 3 rings (SSSR count). The van der Waals surface area contributed by atoms with E-state index in [1.165, 1.54) is 0 Å². The quantitative estimate of drug-likeness (QED) is 0.907. The molecular weight excluding hydrogens is 264 g/mol. The second-order valence-electron chi connectivity index (χ2n) is 5.60. The zero-order valence-electron chi connectivity index (χ0n) is 12.2. The van der Waals surface area contributed by atoms with Crippen LogP contribution >= 0.6 is 0 Å². The van der Waals surface area contributed by atoms with Gasteiger partial charge in [0.25, 0.3) is 0 Å². The van der Waals surface area contributed by atoms with Gasteiger partial charge in [0.05, 0.1) is 12.1 Å². The van der Waals surface area contributed by atoms with E-state index in [0.717, 1.165) is 36.0 Å². The molecule has 5 heteroatoms. The van der Waals surface area contributed by atoms with Crippen LogP contribution in [0, 0.1) is 0 Å². The highest BCUT2D eigenvalue weighted by Gasteiger charge is 2.19. The van der Waals surface area contributed by atoms with Gasteiger partial charge in [-0.2, -0.15) is 0 Å². The van der Waals surface area contributed by atoms with E-state index < -0.39 is 0 Å². The molecule has 0 bridgehead atoms. The third-order valence-corrected chi connectivity index (χ3v) is 3.98. The minimum Gasteiger partial charge on any atom is -0.383 e. The van der Waals surface area contributed by atoms with Crippen molar-refractivity contribution >= 4 is 22.6 Å². The Bertz CT molecular complexity index is 670. The molecule has 0 spiro atoms. The number of benzene rings is 1. The monoisotopic (exact) mass is 284 g/mol. The molecule has 1 aromatic carbocycles. The molecule has 0 unspecified atom stereocenters. The number of carbonyl (C=O) groups excluding carboxylic acids is 1. The molecule has 1 amide bonds. The summed E-state index contributed by atoms with van der Waals surface area (Å²) in [5.74, 6) is 0.721. The van der Waals surface area contributed by atoms with Crippen LogP contribution in [0.3, 0.4) is 0 Å². The van der Waals surface area contributed by atoms with Crippen molar-refractivity contribution in [1.29, 1.82) is 0 Å². The number of anilines is 1. The normalized spacial score (nSPS) is 17.2. The van der Waals surface area contributed by atoms with Gasteiger partial charge >= 0.3 is 0 Å². The highest BCUT2D eigenvalue weighted by atomic mass is 16.2. The number of fused-ring (bicyclic) bond motifs is 1. The molecule has 2 aromatic rings. The number of aromatic nitrogens is 1. The summed E-state index contributed by atoms with van der Waals surface area (Å²) in [6, 6.07) is 10.0. The van der Waals surface area contributed by atoms with Crippen LogP contribution in [0.2, 0.25) is 0 Å². The lowest BCUT2D eigenvalue weighted by Gasteiger charge is -2.20. The Morgan fingerprint density at radius 2 is 2.10 bits per heavy atom. The molecule has 5 nitrogen and oxygen atoms in total. The highest BCUT2D eigenvalue weighted by Crippen LogP contribution is 2.20. The van der Waals surface area contributed by atoms with E-state index in [0.29, 0.717) is 18.9 Å². The first-order valence-corrected chi connectivity index (χ1v) is 7.24. The standard InChI is InChI=1S/C16H20N4O/c1-19-7-4-8-20(11-15(19)21)10-13-9-12-5-2-3-6-14(12)18-16(13)17/h2-3,5-6,9H,4,7-8,10-11H2,1H3,(H2,17,18). The minimum atomic E-state index is 0.166. The van der Waals surface area contributed by atoms with Crippen molar-refractivity contribution in [1.82, 2.24) is 14.8 Å². The lowest BCUT2D eigenvalue weighted by molar-refractivity contribution is -0.129. The van der Waals surface area contributed by atoms with Crippen LogP contribution in [0.4, 0.5) is 5.82 Å². The fourth-order valence-electron chi connectivity index (χ4n) is 2.72. The number of nitrogens with two attached hydrogens (primary N) is 1. The second kappa shape index (κ2) is 5.69. The van der Waals surface area contributed by atoms with Crippen molar-refractivity contribution in [2.75, 3.05) is 32.4 Å². The Morgan fingerprint density at radius 1 is 1.29 bits per heavy atom. The molecule has 0 radical (unpaired) electrons. The lowest BCUT2D eigenvalue weighted by Crippen LogP contribution is -2.34. The Morgan fingerprint density at radius 3 is 2.95 bits per heavy atom. The number of likely N-dealkylation sites (N-methyl/N-ethyl adjacent to an activating group) is 1. The third kappa shape index (κ3) is 2.97. The first-order chi connectivity index (χ1) is 10.1. The highest BCUT2D eigenvalue weighted by molar-refractivity contribution is 5.81. The maximum atomic E-state index is 11.9. The van der Waals surface area contributed by atoms with Gasteiger partial charge in [-0.1, -0.05) is 18.2 Å². The Hall–Kier alpha value is -2.14. The van der Waals surface area contributed by atoms with Gasteiger partial charge in [0.15, 0.2) is 0 Å². The summed E-state index contributed by atoms with van der Waals surface area (Å²) in [4.78, 5) is 20.3. The van der Waals surface area contributed by atoms with E-state index in [1.807, 2.05) is 31.3 Å². The average Bonchev–Trinajstić information content (AvgIpc) is 2.62. The molecule has 0 atom stereocenters. The summed E-state index contributed by atoms with van der Waals surface area (Å²) in [7, 11) is 1.86. The zero-order chi connectivity index (χ0) is 14.8. The first-order valence-electron chi connectivity index (χ1n) is 7.24. The van der Waals surface area contributed by atoms with Crippen LogP contribution in [-0.2, 0) is 11.3 Å². The number of pyridine rings is 1. The first kappa shape index (κ1) is 13.8. The van der Waals surface area contributed by atoms with Gasteiger partial charge in [0.2, 0.25) is 5.91 Å². The van der Waals surface area contributed by atoms with E-state index in [1.54, 1.807) is 4.90 Å². The Labute approximate surface area is 124 Å². The average molecular weight is 284 g/mol. The molecule has 1 aliphatic heterocycles. The number of carbonyl (C=O) groups is 1. The summed E-state index contributed by atoms with van der Waals surface area (Å²) in [5, 5.41) is 1.08. The van der Waals surface area contributed by atoms with E-state index in [2.05, 4.69) is 16.0 Å². The maximum Gasteiger partial charge on any atom is 0.236 e. The topological polar surface area (TPSA) is 62.5 Å². The Kier molecular flexibility index (Phi) is 3.75. The molecule has 1 fully saturated rings. The van der Waals surface area contributed by atoms with Gasteiger partial charge in [0, 0.05) is 37.6 Å². The fraction of sp³-hybridized carbons (Fsp3) is 0.375. The second-order valence-corrected chi connectivity index (χ2v) is 5.60. The van der Waals surface area contributed by atoms with Crippen molar-refractivity contribution in [2.24, 2.45) is 0 Å². The van der Waals surface area contributed by atoms with Crippen LogP contribution in [0.25, 0.3) is 10.9 Å². The fourth-order valence-corrected chi connectivity index (χ4v) is 2.72. The summed E-state index contributed by atoms with van der Waals surface area (Å²) >= 11 is 0. The van der Waals surface area contributed by atoms with Crippen LogP contribution in [0.15, 0.2) is 30.3 Å². The Balaban J connectivity index is 1.84. The van der Waals surface area contributed by atoms with Gasteiger partial charge in [-0.05, 0) is 18.6 Å². The molecule has 2 heterocycles. The van der Waals surface area contributed by atoms with Crippen LogP contribution in [0.1, 0.15) is 12.0 Å². The predicted molar refractivity (Wildman–Crippen MR) is 83.7 cm³/mol. The van der Waals surface area contributed by atoms with Crippen molar-refractivity contribution in [3.05, 3.63) is 35.9 Å². The molecule has 0 saturated carbocycles. The van der Waals surface area contributed by atoms with Gasteiger partial charge in [-0.3, -0.25) is 9.69 Å². The summed E-state index contributed by atoms with van der Waals surface area (Å²) < 4.78 is 0. The number of hydrogen-bond donors (Lipinski definition) is 1. The largest absolute Gasteiger partial charge is 0.383 e. The predicted octanol–water partition coefficient (Wildman–Crippen LogP) is 1.48. The van der Waals surface area contributed by atoms with Gasteiger partial charge in [-0.25, -0.2) is 4.98 Å². The number of hydrogen-bond acceptors (Lipinski definition) is 4. The van der Waals surface area contributed by atoms with E-state index in [4.69, 9.17) is 5.73 Å². The molecule has 0 aliphatic carbocycles. The molecule has 1 saturated heterocycles. The van der Waals surface area contributed by atoms with Gasteiger partial charge < -0.3 is 10.6 Å². The van der Waals surface area contributed by atoms with Gasteiger partial charge in [0.1, 0.15) is 5.82 Å². The van der Waals surface area contributed by atoms with Crippen molar-refractivity contribution in [3.63, 3.8) is 0 Å². The molecule has 2 N–H and O–H groups in total. The molecule has 1 aromatic heterocycles. The molecule has 110 valence electrons. The van der Waals surface area contributed by atoms with E-state index in [-0.39, 0.29) is 5.91 Å². The summed E-state index contributed by atoms with van der Waals surface area (Å²) in [6.07, 6.45) is 0.989. The third-order valence-electron chi connectivity index (χ3n) is 3.98. The summed E-state index contributed by atoms with van der Waals surface area (Å²) in [6.45, 7) is 2.84. The van der Waals surface area contributed by atoms with Crippen molar-refractivity contribution in [3.8, 4) is 0 Å². The number of para-hydroxylation sites is 1. The zero-order valence-corrected chi connectivity index (χ0v) is 12.2. The number of amides is 1. The minimum absolute atomic E-state index is 0.166. The van der Waals surface area contributed by atoms with Gasteiger partial charge in [-0.15, -0.1) is 0 Å². The van der Waals surface area contributed by atoms with Crippen molar-refractivity contribution in [2.45, 2.75) is 13.0 Å². The molecule has 21 heavy (non-hydrogen) atoms. The molecule has 1 aliphatic rings. The SMILES string of the molecule is CN1CCCN(Cc2cc3ccccc3nc2N)CC1=O. The maximum absolute atomic E-state index is 11.9. The van der Waals surface area contributed by atoms with Crippen LogP contribution in [-0.4, -0.2) is 47.4 Å².